The molecule has 0 amide bonds. The first kappa shape index (κ1) is 11.7. The van der Waals surface area contributed by atoms with E-state index in [4.69, 9.17) is 10.5 Å². The SMILES string of the molecule is CC1CCC(CSc2cc(F)ccc2N)O1. The third-order valence-corrected chi connectivity index (χ3v) is 3.92. The van der Waals surface area contributed by atoms with E-state index in [1.165, 1.54) is 12.1 Å². The number of halogens is 1. The number of nitrogen functional groups attached to an aromatic ring is 1. The number of hydrogen-bond donors (Lipinski definition) is 1. The number of nitrogens with two attached hydrogens (primary N) is 1. The van der Waals surface area contributed by atoms with Gasteiger partial charge in [0.15, 0.2) is 0 Å². The number of rotatable bonds is 3. The van der Waals surface area contributed by atoms with Gasteiger partial charge in [-0.2, -0.15) is 0 Å². The summed E-state index contributed by atoms with van der Waals surface area (Å²) in [5.41, 5.74) is 6.41. The smallest absolute Gasteiger partial charge is 0.124 e. The van der Waals surface area contributed by atoms with Crippen LogP contribution in [0.2, 0.25) is 0 Å². The molecule has 1 aliphatic heterocycles. The monoisotopic (exact) mass is 241 g/mol. The van der Waals surface area contributed by atoms with Crippen LogP contribution in [-0.2, 0) is 4.74 Å². The number of benzene rings is 1. The summed E-state index contributed by atoms with van der Waals surface area (Å²) < 4.78 is 18.7. The summed E-state index contributed by atoms with van der Waals surface area (Å²) in [6.07, 6.45) is 2.84. The molecule has 0 saturated carbocycles. The molecule has 0 aromatic heterocycles. The van der Waals surface area contributed by atoms with Gasteiger partial charge in [-0.3, -0.25) is 0 Å². The van der Waals surface area contributed by atoms with Crippen molar-refractivity contribution in [1.29, 1.82) is 0 Å². The predicted octanol–water partition coefficient (Wildman–Crippen LogP) is 3.07. The molecule has 1 fully saturated rings. The summed E-state index contributed by atoms with van der Waals surface area (Å²) in [6, 6.07) is 4.47. The lowest BCUT2D eigenvalue weighted by atomic mass is 10.2. The predicted molar refractivity (Wildman–Crippen MR) is 65.1 cm³/mol. The Morgan fingerprint density at radius 2 is 2.31 bits per heavy atom. The van der Waals surface area contributed by atoms with Gasteiger partial charge in [0, 0.05) is 16.3 Å². The van der Waals surface area contributed by atoms with Crippen molar-refractivity contribution < 1.29 is 9.13 Å². The van der Waals surface area contributed by atoms with E-state index in [0.717, 1.165) is 23.5 Å². The molecule has 1 heterocycles. The highest BCUT2D eigenvalue weighted by Crippen LogP contribution is 2.30. The van der Waals surface area contributed by atoms with E-state index >= 15 is 0 Å². The maximum atomic E-state index is 13.0. The second kappa shape index (κ2) is 5.06. The molecule has 2 unspecified atom stereocenters. The minimum absolute atomic E-state index is 0.239. The molecule has 0 aliphatic carbocycles. The molecule has 0 radical (unpaired) electrons. The number of hydrogen-bond acceptors (Lipinski definition) is 3. The normalized spacial score (nSPS) is 24.9. The zero-order chi connectivity index (χ0) is 11.5. The van der Waals surface area contributed by atoms with Crippen LogP contribution in [0.15, 0.2) is 23.1 Å². The standard InChI is InChI=1S/C12H16FNOS/c1-8-2-4-10(15-8)7-16-12-6-9(13)3-5-11(12)14/h3,5-6,8,10H,2,4,7,14H2,1H3. The first-order valence-electron chi connectivity index (χ1n) is 5.48. The summed E-state index contributed by atoms with van der Waals surface area (Å²) in [4.78, 5) is 0.808. The second-order valence-corrected chi connectivity index (χ2v) is 5.20. The van der Waals surface area contributed by atoms with Gasteiger partial charge in [-0.15, -0.1) is 11.8 Å². The lowest BCUT2D eigenvalue weighted by Crippen LogP contribution is -2.10. The van der Waals surface area contributed by atoms with Crippen LogP contribution in [0.5, 0.6) is 0 Å². The van der Waals surface area contributed by atoms with Crippen molar-refractivity contribution in [3.63, 3.8) is 0 Å². The van der Waals surface area contributed by atoms with Gasteiger partial charge in [0.1, 0.15) is 5.82 Å². The van der Waals surface area contributed by atoms with Crippen LogP contribution in [0.25, 0.3) is 0 Å². The molecule has 2 nitrogen and oxygen atoms in total. The van der Waals surface area contributed by atoms with Crippen LogP contribution in [0.4, 0.5) is 10.1 Å². The fourth-order valence-corrected chi connectivity index (χ4v) is 2.87. The average molecular weight is 241 g/mol. The molecule has 88 valence electrons. The number of thioether (sulfide) groups is 1. The van der Waals surface area contributed by atoms with E-state index in [-0.39, 0.29) is 11.9 Å². The Labute approximate surface area is 99.4 Å². The summed E-state index contributed by atoms with van der Waals surface area (Å²) in [5, 5.41) is 0. The molecule has 0 bridgehead atoms. The van der Waals surface area contributed by atoms with Gasteiger partial charge < -0.3 is 10.5 Å². The molecular formula is C12H16FNOS. The van der Waals surface area contributed by atoms with Crippen LogP contribution in [0.1, 0.15) is 19.8 Å². The third kappa shape index (κ3) is 2.89. The second-order valence-electron chi connectivity index (χ2n) is 4.14. The number of ether oxygens (including phenoxy) is 1. The largest absolute Gasteiger partial charge is 0.398 e. The lowest BCUT2D eigenvalue weighted by Gasteiger charge is -2.11. The van der Waals surface area contributed by atoms with Crippen LogP contribution >= 0.6 is 11.8 Å². The molecule has 1 aromatic carbocycles. The molecule has 0 spiro atoms. The first-order chi connectivity index (χ1) is 7.65. The summed E-state index contributed by atoms with van der Waals surface area (Å²) in [7, 11) is 0. The highest BCUT2D eigenvalue weighted by molar-refractivity contribution is 7.99. The maximum Gasteiger partial charge on any atom is 0.124 e. The van der Waals surface area contributed by atoms with Gasteiger partial charge in [0.2, 0.25) is 0 Å². The minimum Gasteiger partial charge on any atom is -0.398 e. The van der Waals surface area contributed by atoms with E-state index in [1.54, 1.807) is 17.8 Å². The lowest BCUT2D eigenvalue weighted by molar-refractivity contribution is 0.0700. The molecule has 2 atom stereocenters. The Kier molecular flexibility index (Phi) is 3.71. The molecule has 4 heteroatoms. The van der Waals surface area contributed by atoms with Gasteiger partial charge in [-0.1, -0.05) is 0 Å². The van der Waals surface area contributed by atoms with Crippen molar-refractivity contribution in [2.24, 2.45) is 0 Å². The zero-order valence-electron chi connectivity index (χ0n) is 9.28. The third-order valence-electron chi connectivity index (χ3n) is 2.72. The van der Waals surface area contributed by atoms with E-state index < -0.39 is 0 Å². The highest BCUT2D eigenvalue weighted by Gasteiger charge is 2.21. The Morgan fingerprint density at radius 3 is 3.00 bits per heavy atom. The Balaban J connectivity index is 1.91. The Bertz CT molecular complexity index is 372. The minimum atomic E-state index is -0.239. The van der Waals surface area contributed by atoms with Gasteiger partial charge in [0.05, 0.1) is 12.2 Å². The van der Waals surface area contributed by atoms with E-state index in [1.807, 2.05) is 0 Å². The quantitative estimate of drug-likeness (QED) is 0.652. The number of anilines is 1. The molecule has 16 heavy (non-hydrogen) atoms. The van der Waals surface area contributed by atoms with Gasteiger partial charge in [0.25, 0.3) is 0 Å². The summed E-state index contributed by atoms with van der Waals surface area (Å²) in [5.74, 6) is 0.607. The van der Waals surface area contributed by atoms with Crippen molar-refractivity contribution >= 4 is 17.4 Å². The van der Waals surface area contributed by atoms with Crippen LogP contribution in [0.3, 0.4) is 0 Å². The van der Waals surface area contributed by atoms with Crippen LogP contribution < -0.4 is 5.73 Å². The molecule has 2 N–H and O–H groups in total. The Morgan fingerprint density at radius 1 is 1.50 bits per heavy atom. The van der Waals surface area contributed by atoms with Crippen molar-refractivity contribution in [3.05, 3.63) is 24.0 Å². The van der Waals surface area contributed by atoms with E-state index in [9.17, 15) is 4.39 Å². The van der Waals surface area contributed by atoms with Gasteiger partial charge >= 0.3 is 0 Å². The average Bonchev–Trinajstić information content (AvgIpc) is 2.66. The summed E-state index contributed by atoms with van der Waals surface area (Å²) >= 11 is 1.57. The van der Waals surface area contributed by atoms with E-state index in [2.05, 4.69) is 6.92 Å². The maximum absolute atomic E-state index is 13.0. The Hall–Kier alpha value is -0.740. The highest BCUT2D eigenvalue weighted by atomic mass is 32.2. The zero-order valence-corrected chi connectivity index (χ0v) is 10.1. The fraction of sp³-hybridized carbons (Fsp3) is 0.500. The molecular weight excluding hydrogens is 225 g/mol. The molecule has 1 aliphatic rings. The van der Waals surface area contributed by atoms with Gasteiger partial charge in [-0.25, -0.2) is 4.39 Å². The van der Waals surface area contributed by atoms with Crippen LogP contribution in [-0.4, -0.2) is 18.0 Å². The topological polar surface area (TPSA) is 35.2 Å². The van der Waals surface area contributed by atoms with Crippen molar-refractivity contribution in [2.45, 2.75) is 36.9 Å². The van der Waals surface area contributed by atoms with Gasteiger partial charge in [-0.05, 0) is 38.0 Å². The summed E-state index contributed by atoms with van der Waals surface area (Å²) in [6.45, 7) is 2.08. The molecule has 1 aromatic rings. The van der Waals surface area contributed by atoms with Crippen molar-refractivity contribution in [1.82, 2.24) is 0 Å². The van der Waals surface area contributed by atoms with Crippen molar-refractivity contribution in [3.8, 4) is 0 Å². The molecule has 2 rings (SSSR count). The molecule has 1 saturated heterocycles. The van der Waals surface area contributed by atoms with Crippen LogP contribution in [0, 0.1) is 5.82 Å². The van der Waals surface area contributed by atoms with E-state index in [0.29, 0.717) is 11.8 Å². The fourth-order valence-electron chi connectivity index (χ4n) is 1.82. The van der Waals surface area contributed by atoms with Crippen molar-refractivity contribution in [2.75, 3.05) is 11.5 Å². The first-order valence-corrected chi connectivity index (χ1v) is 6.47.